The molecule has 4 heteroatoms. The van der Waals surface area contributed by atoms with Gasteiger partial charge in [-0.1, -0.05) is 32.0 Å². The lowest BCUT2D eigenvalue weighted by Gasteiger charge is -2.30. The number of carbonyl (C=O) groups is 1. The van der Waals surface area contributed by atoms with E-state index < -0.39 is 0 Å². The fourth-order valence-electron chi connectivity index (χ4n) is 2.66. The minimum Gasteiger partial charge on any atom is -0.326 e. The third-order valence-electron chi connectivity index (χ3n) is 3.96. The first kappa shape index (κ1) is 16.0. The summed E-state index contributed by atoms with van der Waals surface area (Å²) in [7, 11) is 0. The number of para-hydroxylation sites is 1. The maximum atomic E-state index is 12.5. The summed E-state index contributed by atoms with van der Waals surface area (Å²) in [4.78, 5) is 14.9. The van der Waals surface area contributed by atoms with Crippen LogP contribution in [0.5, 0.6) is 0 Å². The molecule has 0 bridgehead atoms. The molecular weight excluding hydrogens is 262 g/mol. The van der Waals surface area contributed by atoms with Gasteiger partial charge in [0, 0.05) is 24.8 Å². The summed E-state index contributed by atoms with van der Waals surface area (Å²) in [5.41, 5.74) is 7.53. The van der Waals surface area contributed by atoms with Gasteiger partial charge in [-0.15, -0.1) is 0 Å². The van der Waals surface area contributed by atoms with Gasteiger partial charge in [-0.2, -0.15) is 0 Å². The molecule has 1 unspecified atom stereocenters. The van der Waals surface area contributed by atoms with Gasteiger partial charge in [0.25, 0.3) is 0 Å². The number of nitrogens with zero attached hydrogens (tertiary/aromatic N) is 1. The standard InChI is InChI=1S/C17H27N3O/c1-12(2)11-20(15-8-9-15)13(3)17(21)19-16-7-5-4-6-14(16)10-18/h4-7,12-13,15H,8-11,18H2,1-3H3,(H,19,21). The molecule has 1 aromatic rings. The number of anilines is 1. The number of carbonyl (C=O) groups excluding carboxylic acids is 1. The molecule has 3 N–H and O–H groups in total. The van der Waals surface area contributed by atoms with Crippen molar-refractivity contribution < 1.29 is 4.79 Å². The molecule has 0 aliphatic heterocycles. The first-order valence-electron chi connectivity index (χ1n) is 7.87. The van der Waals surface area contributed by atoms with Crippen molar-refractivity contribution in [1.82, 2.24) is 4.90 Å². The predicted octanol–water partition coefficient (Wildman–Crippen LogP) is 2.59. The van der Waals surface area contributed by atoms with E-state index in [4.69, 9.17) is 5.73 Å². The lowest BCUT2D eigenvalue weighted by atomic mass is 10.1. The van der Waals surface area contributed by atoms with Crippen molar-refractivity contribution in [1.29, 1.82) is 0 Å². The zero-order valence-corrected chi connectivity index (χ0v) is 13.3. The molecule has 4 nitrogen and oxygen atoms in total. The van der Waals surface area contributed by atoms with Gasteiger partial charge in [-0.25, -0.2) is 0 Å². The van der Waals surface area contributed by atoms with Crippen molar-refractivity contribution in [3.05, 3.63) is 29.8 Å². The highest BCUT2D eigenvalue weighted by atomic mass is 16.2. The van der Waals surface area contributed by atoms with Crippen LogP contribution in [0.4, 0.5) is 5.69 Å². The smallest absolute Gasteiger partial charge is 0.241 e. The van der Waals surface area contributed by atoms with Gasteiger partial charge < -0.3 is 11.1 Å². The monoisotopic (exact) mass is 289 g/mol. The molecule has 1 saturated carbocycles. The lowest BCUT2D eigenvalue weighted by molar-refractivity contribution is -0.121. The van der Waals surface area contributed by atoms with E-state index in [0.29, 0.717) is 18.5 Å². The number of hydrogen-bond donors (Lipinski definition) is 2. The van der Waals surface area contributed by atoms with E-state index in [-0.39, 0.29) is 11.9 Å². The maximum Gasteiger partial charge on any atom is 0.241 e. The van der Waals surface area contributed by atoms with Crippen LogP contribution in [0.25, 0.3) is 0 Å². The number of rotatable bonds is 7. The Hall–Kier alpha value is -1.39. The number of nitrogens with one attached hydrogen (secondary N) is 1. The number of amides is 1. The quantitative estimate of drug-likeness (QED) is 0.811. The lowest BCUT2D eigenvalue weighted by Crippen LogP contribution is -2.45. The maximum absolute atomic E-state index is 12.5. The number of benzene rings is 1. The molecule has 21 heavy (non-hydrogen) atoms. The minimum absolute atomic E-state index is 0.0588. The summed E-state index contributed by atoms with van der Waals surface area (Å²) in [5, 5.41) is 3.04. The number of hydrogen-bond acceptors (Lipinski definition) is 3. The zero-order valence-electron chi connectivity index (χ0n) is 13.3. The van der Waals surface area contributed by atoms with Gasteiger partial charge >= 0.3 is 0 Å². The summed E-state index contributed by atoms with van der Waals surface area (Å²) in [5.74, 6) is 0.626. The van der Waals surface area contributed by atoms with Crippen LogP contribution in [0, 0.1) is 5.92 Å². The van der Waals surface area contributed by atoms with Crippen LogP contribution < -0.4 is 11.1 Å². The van der Waals surface area contributed by atoms with Gasteiger partial charge in [0.2, 0.25) is 5.91 Å². The first-order chi connectivity index (χ1) is 10.0. The van der Waals surface area contributed by atoms with E-state index in [1.807, 2.05) is 31.2 Å². The molecule has 1 fully saturated rings. The van der Waals surface area contributed by atoms with Crippen molar-refractivity contribution in [2.45, 2.75) is 52.2 Å². The highest BCUT2D eigenvalue weighted by molar-refractivity contribution is 5.95. The first-order valence-corrected chi connectivity index (χ1v) is 7.87. The molecule has 116 valence electrons. The zero-order chi connectivity index (χ0) is 15.4. The Morgan fingerprint density at radius 2 is 2.00 bits per heavy atom. The van der Waals surface area contributed by atoms with Crippen LogP contribution in [-0.2, 0) is 11.3 Å². The third kappa shape index (κ3) is 4.29. The Kier molecular flexibility index (Phi) is 5.37. The van der Waals surface area contributed by atoms with Gasteiger partial charge in [0.05, 0.1) is 6.04 Å². The Morgan fingerprint density at radius 3 is 2.57 bits per heavy atom. The molecule has 1 amide bonds. The molecule has 1 atom stereocenters. The highest BCUT2D eigenvalue weighted by Crippen LogP contribution is 2.29. The van der Waals surface area contributed by atoms with Crippen LogP contribution in [-0.4, -0.2) is 29.4 Å². The molecular formula is C17H27N3O. The molecule has 2 rings (SSSR count). The van der Waals surface area contributed by atoms with Crippen LogP contribution in [0.3, 0.4) is 0 Å². The second-order valence-electron chi connectivity index (χ2n) is 6.35. The van der Waals surface area contributed by atoms with Crippen LogP contribution in [0.1, 0.15) is 39.2 Å². The Balaban J connectivity index is 2.04. The molecule has 1 aromatic carbocycles. The second kappa shape index (κ2) is 7.05. The summed E-state index contributed by atoms with van der Waals surface area (Å²) in [6, 6.07) is 8.20. The van der Waals surface area contributed by atoms with Crippen LogP contribution in [0.2, 0.25) is 0 Å². The molecule has 0 radical (unpaired) electrons. The second-order valence-corrected chi connectivity index (χ2v) is 6.35. The van der Waals surface area contributed by atoms with Crippen molar-refractivity contribution in [3.63, 3.8) is 0 Å². The normalized spacial score (nSPS) is 16.3. The van der Waals surface area contributed by atoms with Crippen molar-refractivity contribution in [2.24, 2.45) is 11.7 Å². The Labute approximate surface area is 127 Å². The van der Waals surface area contributed by atoms with E-state index in [0.717, 1.165) is 17.8 Å². The van der Waals surface area contributed by atoms with Gasteiger partial charge in [0.15, 0.2) is 0 Å². The van der Waals surface area contributed by atoms with E-state index in [9.17, 15) is 4.79 Å². The summed E-state index contributed by atoms with van der Waals surface area (Å²) in [6.07, 6.45) is 2.42. The van der Waals surface area contributed by atoms with E-state index in [2.05, 4.69) is 24.1 Å². The predicted molar refractivity (Wildman–Crippen MR) is 87.0 cm³/mol. The fraction of sp³-hybridized carbons (Fsp3) is 0.588. The molecule has 0 saturated heterocycles. The van der Waals surface area contributed by atoms with Gasteiger partial charge in [0.1, 0.15) is 0 Å². The molecule has 0 spiro atoms. The average molecular weight is 289 g/mol. The van der Waals surface area contributed by atoms with Crippen molar-refractivity contribution in [3.8, 4) is 0 Å². The summed E-state index contributed by atoms with van der Waals surface area (Å²) >= 11 is 0. The SMILES string of the molecule is CC(C)CN(C1CC1)C(C)C(=O)Nc1ccccc1CN. The molecule has 1 aliphatic carbocycles. The van der Waals surface area contributed by atoms with E-state index in [1.165, 1.54) is 12.8 Å². The number of nitrogens with two attached hydrogens (primary N) is 1. The van der Waals surface area contributed by atoms with E-state index in [1.54, 1.807) is 0 Å². The van der Waals surface area contributed by atoms with Gasteiger partial charge in [-0.05, 0) is 37.3 Å². The fourth-order valence-corrected chi connectivity index (χ4v) is 2.66. The third-order valence-corrected chi connectivity index (χ3v) is 3.96. The highest BCUT2D eigenvalue weighted by Gasteiger charge is 2.35. The summed E-state index contributed by atoms with van der Waals surface area (Å²) < 4.78 is 0. The van der Waals surface area contributed by atoms with Crippen LogP contribution in [0.15, 0.2) is 24.3 Å². The minimum atomic E-state index is -0.106. The van der Waals surface area contributed by atoms with Crippen molar-refractivity contribution >= 4 is 11.6 Å². The molecule has 1 aliphatic rings. The average Bonchev–Trinajstić information content (AvgIpc) is 3.29. The Bertz CT molecular complexity index is 483. The van der Waals surface area contributed by atoms with Crippen molar-refractivity contribution in [2.75, 3.05) is 11.9 Å². The topological polar surface area (TPSA) is 58.4 Å². The van der Waals surface area contributed by atoms with Crippen LogP contribution >= 0.6 is 0 Å². The van der Waals surface area contributed by atoms with E-state index >= 15 is 0 Å². The molecule has 0 heterocycles. The van der Waals surface area contributed by atoms with Gasteiger partial charge in [-0.3, -0.25) is 9.69 Å². The Morgan fingerprint density at radius 1 is 1.33 bits per heavy atom. The largest absolute Gasteiger partial charge is 0.326 e. The molecule has 0 aromatic heterocycles. The summed E-state index contributed by atoms with van der Waals surface area (Å²) in [6.45, 7) is 7.80.